The summed E-state index contributed by atoms with van der Waals surface area (Å²) in [6.45, 7) is 7.93. The van der Waals surface area contributed by atoms with Crippen molar-refractivity contribution in [3.05, 3.63) is 240 Å². The first-order valence-electron chi connectivity index (χ1n) is 24.9. The third-order valence-corrected chi connectivity index (χ3v) is 19.6. The lowest BCUT2D eigenvalue weighted by molar-refractivity contribution is 0.0579. The van der Waals surface area contributed by atoms with Crippen molar-refractivity contribution in [2.45, 2.75) is 93.9 Å². The quantitative estimate of drug-likeness (QED) is 0.0372. The summed E-state index contributed by atoms with van der Waals surface area (Å²) in [4.78, 5) is 0.948. The number of alkyl halides is 1. The highest BCUT2D eigenvalue weighted by atomic mass is 79.9. The van der Waals surface area contributed by atoms with Crippen LogP contribution in [0.15, 0.2) is 216 Å². The Balaban J connectivity index is 1.33. The normalized spacial score (nSPS) is 12.5. The van der Waals surface area contributed by atoms with E-state index in [1.807, 2.05) is 206 Å². The largest absolute Gasteiger partial charge is 0.489 e. The molecular formula is C62H63BrO8SSi. The van der Waals surface area contributed by atoms with Crippen molar-refractivity contribution in [1.29, 1.82) is 0 Å². The highest BCUT2D eigenvalue weighted by Gasteiger charge is 2.38. The first kappa shape index (κ1) is 52.7. The van der Waals surface area contributed by atoms with Gasteiger partial charge in [-0.25, -0.2) is 4.21 Å². The summed E-state index contributed by atoms with van der Waals surface area (Å²) < 4.78 is 64.1. The maximum absolute atomic E-state index is 15.3. The fraction of sp³-hybridized carbons (Fsp3) is 0.226. The Kier molecular flexibility index (Phi) is 19.4. The molecule has 0 heterocycles. The standard InChI is InChI=1S/C62H63BrO8SSi/c1-4-73(5-2,6-3)71-59(41-63)60(52-37-55(66-43-48-27-15-8-16-28-48)61(69-46-51-33-21-11-22-34-51)56(38-52)67-44-49-29-17-9-18-30-49)70-58-40-53(65-42-47-25-13-7-14-26-47)39-57(68-45-50-31-19-10-20-32-50)62(58)72(64)54-35-23-12-24-36-54/h7-40,59-60H,4-6,41-46H2,1-3H3/t59-,60-,72?/m0/s1. The Morgan fingerprint density at radius 1 is 0.452 bits per heavy atom. The molecule has 0 saturated heterocycles. The van der Waals surface area contributed by atoms with Gasteiger partial charge in [-0.2, -0.15) is 0 Å². The molecule has 0 bridgehead atoms. The highest BCUT2D eigenvalue weighted by Crippen LogP contribution is 2.47. The van der Waals surface area contributed by atoms with Gasteiger partial charge in [0.05, 0.1) is 16.9 Å². The second kappa shape index (κ2) is 26.9. The molecule has 0 N–H and O–H groups in total. The van der Waals surface area contributed by atoms with Crippen LogP contribution in [-0.4, -0.2) is 24.0 Å². The maximum atomic E-state index is 15.3. The molecule has 0 aliphatic heterocycles. The molecule has 0 saturated carbocycles. The smallest absolute Gasteiger partial charge is 0.203 e. The van der Waals surface area contributed by atoms with Crippen LogP contribution in [0.3, 0.4) is 0 Å². The summed E-state index contributed by atoms with van der Waals surface area (Å²) in [5.74, 6) is 2.54. The van der Waals surface area contributed by atoms with E-state index in [1.54, 1.807) is 0 Å². The van der Waals surface area contributed by atoms with Crippen LogP contribution in [0.5, 0.6) is 34.5 Å². The Morgan fingerprint density at radius 2 is 0.822 bits per heavy atom. The van der Waals surface area contributed by atoms with Crippen molar-refractivity contribution in [3.63, 3.8) is 0 Å². The molecule has 0 aliphatic rings. The summed E-state index contributed by atoms with van der Waals surface area (Å²) >= 11 is 3.93. The van der Waals surface area contributed by atoms with Crippen LogP contribution in [0.4, 0.5) is 0 Å². The van der Waals surface area contributed by atoms with Crippen LogP contribution in [0.2, 0.25) is 18.1 Å². The average molecular weight is 1080 g/mol. The van der Waals surface area contributed by atoms with E-state index in [1.165, 1.54) is 0 Å². The van der Waals surface area contributed by atoms with Gasteiger partial charge in [-0.1, -0.05) is 207 Å². The molecule has 11 heteroatoms. The van der Waals surface area contributed by atoms with Gasteiger partial charge in [0.25, 0.3) is 0 Å². The van der Waals surface area contributed by atoms with Gasteiger partial charge in [0.1, 0.15) is 61.3 Å². The first-order valence-corrected chi connectivity index (χ1v) is 29.7. The Morgan fingerprint density at radius 3 is 1.23 bits per heavy atom. The number of ether oxygens (including phenoxy) is 6. The summed E-state index contributed by atoms with van der Waals surface area (Å²) in [6.07, 6.45) is -1.39. The zero-order valence-corrected chi connectivity index (χ0v) is 45.1. The van der Waals surface area contributed by atoms with Crippen molar-refractivity contribution in [1.82, 2.24) is 0 Å². The number of halogens is 1. The first-order chi connectivity index (χ1) is 35.9. The second-order valence-corrected chi connectivity index (χ2v) is 24.4. The molecule has 8 aromatic carbocycles. The van der Waals surface area contributed by atoms with E-state index in [-0.39, 0.29) is 33.0 Å². The molecule has 73 heavy (non-hydrogen) atoms. The van der Waals surface area contributed by atoms with Crippen LogP contribution in [0.25, 0.3) is 0 Å². The van der Waals surface area contributed by atoms with Gasteiger partial charge >= 0.3 is 0 Å². The molecule has 8 nitrogen and oxygen atoms in total. The van der Waals surface area contributed by atoms with E-state index in [2.05, 4.69) is 36.7 Å². The molecule has 3 atom stereocenters. The molecule has 0 fully saturated rings. The van der Waals surface area contributed by atoms with E-state index < -0.39 is 31.3 Å². The molecule has 0 aliphatic carbocycles. The minimum atomic E-state index is -2.34. The maximum Gasteiger partial charge on any atom is 0.203 e. The van der Waals surface area contributed by atoms with Crippen molar-refractivity contribution in [2.24, 2.45) is 0 Å². The predicted octanol–water partition coefficient (Wildman–Crippen LogP) is 15.7. The van der Waals surface area contributed by atoms with Gasteiger partial charge < -0.3 is 32.8 Å². The summed E-state index contributed by atoms with van der Waals surface area (Å²) in [5, 5.41) is 0.414. The van der Waals surface area contributed by atoms with E-state index in [0.29, 0.717) is 55.2 Å². The molecule has 8 aromatic rings. The van der Waals surface area contributed by atoms with Crippen LogP contribution in [0.1, 0.15) is 60.3 Å². The van der Waals surface area contributed by atoms with Gasteiger partial charge in [0.15, 0.2) is 19.8 Å². The van der Waals surface area contributed by atoms with Crippen LogP contribution in [-0.2, 0) is 48.3 Å². The lowest BCUT2D eigenvalue weighted by Crippen LogP contribution is -2.43. The molecule has 8 rings (SSSR count). The number of hydrogen-bond acceptors (Lipinski definition) is 8. The van der Waals surface area contributed by atoms with Crippen LogP contribution in [0, 0.1) is 0 Å². The third-order valence-electron chi connectivity index (χ3n) is 12.8. The fourth-order valence-electron chi connectivity index (χ4n) is 8.46. The van der Waals surface area contributed by atoms with Gasteiger partial charge in [0.2, 0.25) is 5.75 Å². The summed E-state index contributed by atoms with van der Waals surface area (Å²) in [5.41, 5.74) is 5.59. The van der Waals surface area contributed by atoms with Crippen molar-refractivity contribution in [3.8, 4) is 34.5 Å². The van der Waals surface area contributed by atoms with E-state index in [9.17, 15) is 0 Å². The lowest BCUT2D eigenvalue weighted by atomic mass is 10.0. The van der Waals surface area contributed by atoms with Crippen molar-refractivity contribution >= 4 is 35.0 Å². The predicted molar refractivity (Wildman–Crippen MR) is 297 cm³/mol. The lowest BCUT2D eigenvalue weighted by Gasteiger charge is -2.37. The molecule has 0 radical (unpaired) electrons. The molecule has 0 aromatic heterocycles. The monoisotopic (exact) mass is 1070 g/mol. The Hall–Kier alpha value is -6.63. The topological polar surface area (TPSA) is 81.7 Å². The Labute approximate surface area is 442 Å². The van der Waals surface area contributed by atoms with Crippen molar-refractivity contribution in [2.75, 3.05) is 5.33 Å². The van der Waals surface area contributed by atoms with Gasteiger partial charge in [-0.15, -0.1) is 0 Å². The summed E-state index contributed by atoms with van der Waals surface area (Å²) in [6, 6.07) is 69.7. The van der Waals surface area contributed by atoms with E-state index in [4.69, 9.17) is 32.8 Å². The minimum Gasteiger partial charge on any atom is -0.489 e. The second-order valence-electron chi connectivity index (χ2n) is 17.6. The molecule has 0 spiro atoms. The average Bonchev–Trinajstić information content (AvgIpc) is 3.46. The van der Waals surface area contributed by atoms with E-state index in [0.717, 1.165) is 45.9 Å². The van der Waals surface area contributed by atoms with Gasteiger partial charge in [0, 0.05) is 27.9 Å². The molecule has 376 valence electrons. The van der Waals surface area contributed by atoms with E-state index >= 15 is 4.21 Å². The molecule has 0 amide bonds. The van der Waals surface area contributed by atoms with Crippen LogP contribution < -0.4 is 28.4 Å². The summed E-state index contributed by atoms with van der Waals surface area (Å²) in [7, 11) is -4.13. The van der Waals surface area contributed by atoms with Crippen LogP contribution >= 0.6 is 15.9 Å². The zero-order chi connectivity index (χ0) is 50.7. The van der Waals surface area contributed by atoms with Gasteiger partial charge in [-0.05, 0) is 70.2 Å². The SMILES string of the molecule is CC[Si](CC)(CC)O[C@@H](CBr)[C@@H](Oc1cc(OCc2ccccc2)cc(OCc2ccccc2)c1S(=O)c1ccccc1)c1cc(OCc2ccccc2)c(OCc2ccccc2)c(OCc2ccccc2)c1. The number of hydrogen-bond donors (Lipinski definition) is 0. The molecule has 1 unspecified atom stereocenters. The number of rotatable bonds is 27. The minimum absolute atomic E-state index is 0.213. The molecular weight excluding hydrogens is 1010 g/mol. The zero-order valence-electron chi connectivity index (χ0n) is 41.7. The van der Waals surface area contributed by atoms with Gasteiger partial charge in [-0.3, -0.25) is 0 Å². The fourth-order valence-corrected chi connectivity index (χ4v) is 13.3. The number of benzene rings is 8. The third kappa shape index (κ3) is 14.5. The highest BCUT2D eigenvalue weighted by molar-refractivity contribution is 9.09. The van der Waals surface area contributed by atoms with Crippen molar-refractivity contribution < 1.29 is 37.1 Å². The Bertz CT molecular complexity index is 2860.